The Morgan fingerprint density at radius 3 is 3.00 bits per heavy atom. The van der Waals surface area contributed by atoms with Crippen LogP contribution in [0.2, 0.25) is 0 Å². The molecule has 0 saturated carbocycles. The molecule has 17 heavy (non-hydrogen) atoms. The summed E-state index contributed by atoms with van der Waals surface area (Å²) in [6, 6.07) is 0. The van der Waals surface area contributed by atoms with Gasteiger partial charge in [0.15, 0.2) is 0 Å². The molecule has 2 aliphatic rings. The summed E-state index contributed by atoms with van der Waals surface area (Å²) < 4.78 is 1.92. The van der Waals surface area contributed by atoms with Gasteiger partial charge in [0.25, 0.3) is 0 Å². The molecule has 0 aromatic carbocycles. The van der Waals surface area contributed by atoms with E-state index in [9.17, 15) is 0 Å². The highest BCUT2D eigenvalue weighted by Gasteiger charge is 2.40. The molecule has 3 rings (SSSR count). The minimum atomic E-state index is 0.579. The monoisotopic (exact) mass is 234 g/mol. The molecule has 1 atom stereocenters. The number of rotatable bonds is 2. The Kier molecular flexibility index (Phi) is 2.71. The Labute approximate surface area is 103 Å². The van der Waals surface area contributed by atoms with Gasteiger partial charge < -0.3 is 5.32 Å². The number of hydrogen-bond acceptors (Lipinski definition) is 3. The Morgan fingerprint density at radius 1 is 1.47 bits per heavy atom. The largest absolute Gasteiger partial charge is 0.316 e. The van der Waals surface area contributed by atoms with Crippen LogP contribution in [0.5, 0.6) is 0 Å². The summed E-state index contributed by atoms with van der Waals surface area (Å²) in [6.45, 7) is 8.11. The van der Waals surface area contributed by atoms with Gasteiger partial charge in [-0.2, -0.15) is 5.10 Å². The number of aryl methyl sites for hydroxylation is 2. The highest BCUT2D eigenvalue weighted by Crippen LogP contribution is 2.36. The number of aromatic nitrogens is 2. The van der Waals surface area contributed by atoms with Crippen LogP contribution in [0.25, 0.3) is 0 Å². The third kappa shape index (κ3) is 2.11. The van der Waals surface area contributed by atoms with E-state index in [0.717, 1.165) is 6.54 Å². The van der Waals surface area contributed by atoms with E-state index >= 15 is 0 Å². The summed E-state index contributed by atoms with van der Waals surface area (Å²) in [5.74, 6) is 0. The average Bonchev–Trinajstić information content (AvgIpc) is 2.95. The van der Waals surface area contributed by atoms with Crippen molar-refractivity contribution in [1.29, 1.82) is 0 Å². The lowest BCUT2D eigenvalue weighted by Gasteiger charge is -2.22. The van der Waals surface area contributed by atoms with Crippen molar-refractivity contribution in [1.82, 2.24) is 20.0 Å². The van der Waals surface area contributed by atoms with Gasteiger partial charge >= 0.3 is 0 Å². The predicted octanol–water partition coefficient (Wildman–Crippen LogP) is 0.914. The molecule has 2 aliphatic heterocycles. The van der Waals surface area contributed by atoms with Crippen LogP contribution in [-0.4, -0.2) is 40.9 Å². The summed E-state index contributed by atoms with van der Waals surface area (Å²) >= 11 is 0. The van der Waals surface area contributed by atoms with Gasteiger partial charge in [0.1, 0.15) is 0 Å². The lowest BCUT2D eigenvalue weighted by atomic mass is 9.87. The van der Waals surface area contributed by atoms with Crippen LogP contribution in [0, 0.1) is 12.3 Å². The fraction of sp³-hybridized carbons (Fsp3) is 0.769. The average molecular weight is 234 g/mol. The molecule has 0 aliphatic carbocycles. The maximum absolute atomic E-state index is 4.42. The topological polar surface area (TPSA) is 33.1 Å². The number of nitrogens with one attached hydrogen (secondary N) is 1. The molecule has 0 bridgehead atoms. The van der Waals surface area contributed by atoms with Gasteiger partial charge in [0, 0.05) is 38.4 Å². The molecule has 1 aromatic rings. The second-order valence-electron chi connectivity index (χ2n) is 5.80. The highest BCUT2D eigenvalue weighted by molar-refractivity contribution is 5.15. The van der Waals surface area contributed by atoms with Crippen molar-refractivity contribution in [3.8, 4) is 0 Å². The molecule has 2 saturated heterocycles. The van der Waals surface area contributed by atoms with E-state index in [4.69, 9.17) is 0 Å². The minimum absolute atomic E-state index is 0.579. The predicted molar refractivity (Wildman–Crippen MR) is 67.8 cm³/mol. The molecular weight excluding hydrogens is 212 g/mol. The van der Waals surface area contributed by atoms with Gasteiger partial charge in [0.2, 0.25) is 0 Å². The normalized spacial score (nSPS) is 29.5. The van der Waals surface area contributed by atoms with Crippen LogP contribution in [0.1, 0.15) is 24.1 Å². The fourth-order valence-electron chi connectivity index (χ4n) is 3.35. The van der Waals surface area contributed by atoms with E-state index in [1.807, 2.05) is 11.7 Å². The molecule has 1 aromatic heterocycles. The molecule has 1 spiro atoms. The quantitative estimate of drug-likeness (QED) is 0.826. The molecule has 4 heteroatoms. The first-order chi connectivity index (χ1) is 8.17. The molecule has 4 nitrogen and oxygen atoms in total. The molecular formula is C13H22N4. The van der Waals surface area contributed by atoms with Gasteiger partial charge in [-0.05, 0) is 38.3 Å². The van der Waals surface area contributed by atoms with Crippen LogP contribution in [0.4, 0.5) is 0 Å². The van der Waals surface area contributed by atoms with Gasteiger partial charge in [-0.3, -0.25) is 9.58 Å². The first-order valence-corrected chi connectivity index (χ1v) is 6.59. The Morgan fingerprint density at radius 2 is 2.35 bits per heavy atom. The van der Waals surface area contributed by atoms with Gasteiger partial charge in [-0.15, -0.1) is 0 Å². The molecule has 2 fully saturated rings. The standard InChI is InChI=1S/C13H22N4/c1-11-12(7-16(2)15-11)8-17-6-4-13(10-17)3-5-14-9-13/h7,14H,3-6,8-10H2,1-2H3. The lowest BCUT2D eigenvalue weighted by Crippen LogP contribution is -2.29. The number of nitrogens with zero attached hydrogens (tertiary/aromatic N) is 3. The molecule has 0 radical (unpaired) electrons. The van der Waals surface area contributed by atoms with E-state index in [2.05, 4.69) is 28.4 Å². The first kappa shape index (κ1) is 11.2. The van der Waals surface area contributed by atoms with E-state index in [1.54, 1.807) is 0 Å². The summed E-state index contributed by atoms with van der Waals surface area (Å²) in [5, 5.41) is 7.93. The van der Waals surface area contributed by atoms with Crippen LogP contribution in [0.15, 0.2) is 6.20 Å². The van der Waals surface area contributed by atoms with E-state index < -0.39 is 0 Å². The van der Waals surface area contributed by atoms with Crippen molar-refractivity contribution in [3.63, 3.8) is 0 Å². The fourth-order valence-corrected chi connectivity index (χ4v) is 3.35. The smallest absolute Gasteiger partial charge is 0.0638 e. The van der Waals surface area contributed by atoms with E-state index in [1.165, 1.54) is 50.3 Å². The van der Waals surface area contributed by atoms with E-state index in [0.29, 0.717) is 5.41 Å². The molecule has 1 unspecified atom stereocenters. The molecule has 94 valence electrons. The van der Waals surface area contributed by atoms with Crippen molar-refractivity contribution < 1.29 is 0 Å². The molecule has 3 heterocycles. The van der Waals surface area contributed by atoms with Crippen molar-refractivity contribution >= 4 is 0 Å². The van der Waals surface area contributed by atoms with Crippen molar-refractivity contribution in [2.75, 3.05) is 26.2 Å². The summed E-state index contributed by atoms with van der Waals surface area (Å²) in [6.07, 6.45) is 4.88. The van der Waals surface area contributed by atoms with Crippen LogP contribution in [0.3, 0.4) is 0 Å². The second kappa shape index (κ2) is 4.10. The van der Waals surface area contributed by atoms with Crippen molar-refractivity contribution in [2.24, 2.45) is 12.5 Å². The van der Waals surface area contributed by atoms with Crippen molar-refractivity contribution in [3.05, 3.63) is 17.5 Å². The van der Waals surface area contributed by atoms with Gasteiger partial charge in [0.05, 0.1) is 5.69 Å². The molecule has 1 N–H and O–H groups in total. The lowest BCUT2D eigenvalue weighted by molar-refractivity contribution is 0.268. The zero-order valence-corrected chi connectivity index (χ0v) is 10.9. The Balaban J connectivity index is 1.65. The third-order valence-electron chi connectivity index (χ3n) is 4.36. The maximum Gasteiger partial charge on any atom is 0.0638 e. The molecule has 0 amide bonds. The van der Waals surface area contributed by atoms with Crippen LogP contribution >= 0.6 is 0 Å². The summed E-state index contributed by atoms with van der Waals surface area (Å²) in [7, 11) is 2.00. The zero-order chi connectivity index (χ0) is 11.9. The third-order valence-corrected chi connectivity index (χ3v) is 4.36. The Bertz CT molecular complexity index is 404. The van der Waals surface area contributed by atoms with Gasteiger partial charge in [-0.1, -0.05) is 0 Å². The minimum Gasteiger partial charge on any atom is -0.316 e. The van der Waals surface area contributed by atoms with Gasteiger partial charge in [-0.25, -0.2) is 0 Å². The number of likely N-dealkylation sites (tertiary alicyclic amines) is 1. The zero-order valence-electron chi connectivity index (χ0n) is 10.9. The van der Waals surface area contributed by atoms with Crippen LogP contribution < -0.4 is 5.32 Å². The number of hydrogen-bond donors (Lipinski definition) is 1. The van der Waals surface area contributed by atoms with Crippen molar-refractivity contribution in [2.45, 2.75) is 26.3 Å². The van der Waals surface area contributed by atoms with Crippen LogP contribution in [-0.2, 0) is 13.6 Å². The first-order valence-electron chi connectivity index (χ1n) is 6.59. The summed E-state index contributed by atoms with van der Waals surface area (Å²) in [4.78, 5) is 2.59. The second-order valence-corrected chi connectivity index (χ2v) is 5.80. The SMILES string of the molecule is Cc1nn(C)cc1CN1CCC2(CCNC2)C1. The Hall–Kier alpha value is -0.870. The maximum atomic E-state index is 4.42. The van der Waals surface area contributed by atoms with E-state index in [-0.39, 0.29) is 0 Å². The highest BCUT2D eigenvalue weighted by atomic mass is 15.3. The summed E-state index contributed by atoms with van der Waals surface area (Å²) in [5.41, 5.74) is 3.14.